The van der Waals surface area contributed by atoms with E-state index in [0.717, 1.165) is 24.6 Å². The molecule has 3 N–H and O–H groups in total. The molecule has 0 saturated carbocycles. The smallest absolute Gasteiger partial charge is 0.247 e. The maximum absolute atomic E-state index is 14.2. The molecule has 2 aliphatic heterocycles. The van der Waals surface area contributed by atoms with Crippen molar-refractivity contribution >= 4 is 11.8 Å². The van der Waals surface area contributed by atoms with Crippen LogP contribution in [-0.4, -0.2) is 30.4 Å². The number of carbonyl (C=O) groups excluding carboxylic acids is 2. The number of piperidine rings is 1. The number of nitrogens with zero attached hydrogens (tertiary/aromatic N) is 1. The maximum atomic E-state index is 14.2. The summed E-state index contributed by atoms with van der Waals surface area (Å²) < 4.78 is 14.2. The van der Waals surface area contributed by atoms with Crippen LogP contribution >= 0.6 is 0 Å². The second-order valence-corrected chi connectivity index (χ2v) is 7.61. The molecule has 0 spiro atoms. The molecule has 0 bridgehead atoms. The lowest BCUT2D eigenvalue weighted by atomic mass is 9.76. The summed E-state index contributed by atoms with van der Waals surface area (Å²) in [4.78, 5) is 25.1. The van der Waals surface area contributed by atoms with Gasteiger partial charge in [0, 0.05) is 29.1 Å². The second kappa shape index (κ2) is 8.11. The zero-order valence-electron chi connectivity index (χ0n) is 16.3. The van der Waals surface area contributed by atoms with Gasteiger partial charge in [-0.1, -0.05) is 11.6 Å². The van der Waals surface area contributed by atoms with Gasteiger partial charge in [-0.15, -0.1) is 0 Å². The Labute approximate surface area is 164 Å². The summed E-state index contributed by atoms with van der Waals surface area (Å²) in [5.74, 6) is -0.902. The van der Waals surface area contributed by atoms with Crippen molar-refractivity contribution in [2.75, 3.05) is 6.54 Å². The highest BCUT2D eigenvalue weighted by atomic mass is 19.1. The lowest BCUT2D eigenvalue weighted by molar-refractivity contribution is -0.124. The van der Waals surface area contributed by atoms with Gasteiger partial charge in [0.15, 0.2) is 0 Å². The fraction of sp³-hybridized carbons (Fsp3) is 0.476. The van der Waals surface area contributed by atoms with Gasteiger partial charge >= 0.3 is 0 Å². The molecule has 3 unspecified atom stereocenters. The van der Waals surface area contributed by atoms with E-state index < -0.39 is 11.9 Å². The van der Waals surface area contributed by atoms with E-state index in [2.05, 4.69) is 22.9 Å². The molecule has 2 amide bonds. The molecule has 1 fully saturated rings. The van der Waals surface area contributed by atoms with E-state index in [4.69, 9.17) is 5.26 Å². The van der Waals surface area contributed by atoms with Crippen LogP contribution in [0.15, 0.2) is 29.3 Å². The molecule has 28 heavy (non-hydrogen) atoms. The fourth-order valence-electron chi connectivity index (χ4n) is 4.29. The summed E-state index contributed by atoms with van der Waals surface area (Å²) in [6.45, 7) is 6.55. The predicted octanol–water partition coefficient (Wildman–Crippen LogP) is 2.08. The topological polar surface area (TPSA) is 94.0 Å². The number of nitriles is 1. The lowest BCUT2D eigenvalue weighted by Crippen LogP contribution is -2.57. The first kappa shape index (κ1) is 20.0. The van der Waals surface area contributed by atoms with E-state index in [1.165, 1.54) is 12.1 Å². The first-order valence-corrected chi connectivity index (χ1v) is 9.54. The van der Waals surface area contributed by atoms with Gasteiger partial charge in [0.2, 0.25) is 11.8 Å². The minimum Gasteiger partial charge on any atom is -0.349 e. The van der Waals surface area contributed by atoms with E-state index in [9.17, 15) is 14.0 Å². The van der Waals surface area contributed by atoms with Crippen molar-refractivity contribution in [3.8, 4) is 6.07 Å². The Morgan fingerprint density at radius 3 is 2.89 bits per heavy atom. The average molecular weight is 384 g/mol. The Kier molecular flexibility index (Phi) is 5.80. The molecule has 6 nitrogen and oxygen atoms in total. The largest absolute Gasteiger partial charge is 0.349 e. The molecule has 0 radical (unpaired) electrons. The molecule has 7 heteroatoms. The Bertz CT molecular complexity index is 874. The highest BCUT2D eigenvalue weighted by Crippen LogP contribution is 2.32. The van der Waals surface area contributed by atoms with Gasteiger partial charge in [0.1, 0.15) is 5.82 Å². The molecule has 0 aromatic heterocycles. The molecule has 1 aromatic rings. The number of fused-ring (bicyclic) bond motifs is 1. The first-order chi connectivity index (χ1) is 13.3. The van der Waals surface area contributed by atoms with Crippen LogP contribution in [0.4, 0.5) is 4.39 Å². The van der Waals surface area contributed by atoms with Gasteiger partial charge < -0.3 is 16.0 Å². The van der Waals surface area contributed by atoms with Crippen molar-refractivity contribution in [2.45, 2.75) is 51.7 Å². The average Bonchev–Trinajstić information content (AvgIpc) is 2.64. The van der Waals surface area contributed by atoms with Crippen molar-refractivity contribution < 1.29 is 14.0 Å². The number of halogens is 1. The van der Waals surface area contributed by atoms with E-state index in [1.54, 1.807) is 6.92 Å². The van der Waals surface area contributed by atoms with Crippen molar-refractivity contribution in [1.82, 2.24) is 16.0 Å². The number of carbonyl (C=O) groups is 2. The SMILES string of the molecule is CC1=C(CC(=O)N[C@H](C)c2ccc(C#N)cc2F)C(=O)NC2CCNC(C)C12. The number of nitrogens with one attached hydrogen (secondary N) is 3. The zero-order chi connectivity index (χ0) is 20.4. The van der Waals surface area contributed by atoms with Crippen LogP contribution in [0.2, 0.25) is 0 Å². The van der Waals surface area contributed by atoms with Gasteiger partial charge in [-0.2, -0.15) is 5.26 Å². The number of amides is 2. The predicted molar refractivity (Wildman–Crippen MR) is 102 cm³/mol. The minimum absolute atomic E-state index is 0.0458. The Balaban J connectivity index is 1.72. The summed E-state index contributed by atoms with van der Waals surface area (Å²) in [6.07, 6.45) is 0.822. The number of benzene rings is 1. The highest BCUT2D eigenvalue weighted by molar-refractivity contribution is 6.00. The van der Waals surface area contributed by atoms with Crippen LogP contribution < -0.4 is 16.0 Å². The monoisotopic (exact) mass is 384 g/mol. The van der Waals surface area contributed by atoms with E-state index in [0.29, 0.717) is 11.1 Å². The summed E-state index contributed by atoms with van der Waals surface area (Å²) in [5.41, 5.74) is 1.96. The van der Waals surface area contributed by atoms with Crippen molar-refractivity contribution in [2.24, 2.45) is 5.92 Å². The summed E-state index contributed by atoms with van der Waals surface area (Å²) in [6, 6.07) is 5.79. The molecule has 3 rings (SSSR count). The van der Waals surface area contributed by atoms with Crippen molar-refractivity contribution in [3.63, 3.8) is 0 Å². The van der Waals surface area contributed by atoms with E-state index in [1.807, 2.05) is 13.0 Å². The summed E-state index contributed by atoms with van der Waals surface area (Å²) >= 11 is 0. The molecule has 2 heterocycles. The number of hydrogen-bond acceptors (Lipinski definition) is 4. The van der Waals surface area contributed by atoms with Crippen LogP contribution in [0.1, 0.15) is 50.8 Å². The van der Waals surface area contributed by atoms with Gasteiger partial charge in [-0.3, -0.25) is 9.59 Å². The van der Waals surface area contributed by atoms with Crippen LogP contribution in [0.5, 0.6) is 0 Å². The van der Waals surface area contributed by atoms with Crippen molar-refractivity contribution in [3.05, 3.63) is 46.3 Å². The normalized spacial score (nSPS) is 25.4. The van der Waals surface area contributed by atoms with Crippen LogP contribution in [0.3, 0.4) is 0 Å². The quantitative estimate of drug-likeness (QED) is 0.741. The summed E-state index contributed by atoms with van der Waals surface area (Å²) in [5, 5.41) is 18.0. The summed E-state index contributed by atoms with van der Waals surface area (Å²) in [7, 11) is 0. The van der Waals surface area contributed by atoms with E-state index in [-0.39, 0.29) is 41.8 Å². The first-order valence-electron chi connectivity index (χ1n) is 9.54. The lowest BCUT2D eigenvalue weighted by Gasteiger charge is -2.42. The minimum atomic E-state index is -0.573. The molecular formula is C21H25FN4O2. The molecule has 0 aliphatic carbocycles. The molecule has 4 atom stereocenters. The Morgan fingerprint density at radius 2 is 2.21 bits per heavy atom. The fourth-order valence-corrected chi connectivity index (χ4v) is 4.29. The van der Waals surface area contributed by atoms with Crippen molar-refractivity contribution in [1.29, 1.82) is 5.26 Å². The highest BCUT2D eigenvalue weighted by Gasteiger charge is 2.39. The number of hydrogen-bond donors (Lipinski definition) is 3. The Hall–Kier alpha value is -2.72. The van der Waals surface area contributed by atoms with Gasteiger partial charge in [0.25, 0.3) is 0 Å². The standard InChI is InChI=1S/C21H25FN4O2/c1-11-16(21(28)26-18-6-7-24-13(3)20(11)18)9-19(27)25-12(2)15-5-4-14(10-23)8-17(15)22/h4-5,8,12-13,18,20,24H,6-7,9H2,1-3H3,(H,25,27)(H,26,28)/t12-,13?,18?,20?/m1/s1. The molecule has 148 valence electrons. The van der Waals surface area contributed by atoms with Crippen LogP contribution in [0, 0.1) is 23.1 Å². The van der Waals surface area contributed by atoms with E-state index >= 15 is 0 Å². The van der Waals surface area contributed by atoms with Gasteiger partial charge in [0.05, 0.1) is 24.1 Å². The molecular weight excluding hydrogens is 359 g/mol. The third kappa shape index (κ3) is 3.92. The third-order valence-electron chi connectivity index (χ3n) is 5.77. The third-order valence-corrected chi connectivity index (χ3v) is 5.77. The maximum Gasteiger partial charge on any atom is 0.247 e. The van der Waals surface area contributed by atoms with Crippen LogP contribution in [0.25, 0.3) is 0 Å². The van der Waals surface area contributed by atoms with Crippen LogP contribution in [-0.2, 0) is 9.59 Å². The zero-order valence-corrected chi connectivity index (χ0v) is 16.3. The van der Waals surface area contributed by atoms with Gasteiger partial charge in [-0.05, 0) is 45.9 Å². The molecule has 1 aromatic carbocycles. The Morgan fingerprint density at radius 1 is 1.46 bits per heavy atom. The molecule has 2 aliphatic rings. The molecule has 1 saturated heterocycles. The second-order valence-electron chi connectivity index (χ2n) is 7.61. The number of rotatable bonds is 4. The van der Waals surface area contributed by atoms with Gasteiger partial charge in [-0.25, -0.2) is 4.39 Å².